The van der Waals surface area contributed by atoms with Gasteiger partial charge in [-0.15, -0.1) is 0 Å². The van der Waals surface area contributed by atoms with Crippen LogP contribution in [0.1, 0.15) is 46.0 Å². The first-order valence-electron chi connectivity index (χ1n) is 7.65. The Morgan fingerprint density at radius 1 is 1.28 bits per heavy atom. The first-order chi connectivity index (χ1) is 8.66. The fourth-order valence-electron chi connectivity index (χ4n) is 3.30. The van der Waals surface area contributed by atoms with E-state index >= 15 is 0 Å². The molecule has 0 spiro atoms. The number of nitrogens with zero attached hydrogens (tertiary/aromatic N) is 1. The average molecular weight is 252 g/mol. The molecule has 2 saturated heterocycles. The van der Waals surface area contributed by atoms with Crippen molar-refractivity contribution in [2.45, 2.75) is 46.0 Å². The lowest BCUT2D eigenvalue weighted by Crippen LogP contribution is -2.33. The molecular weight excluding hydrogens is 224 g/mol. The highest BCUT2D eigenvalue weighted by atomic mass is 16.2. The van der Waals surface area contributed by atoms with Gasteiger partial charge in [0.05, 0.1) is 0 Å². The first kappa shape index (κ1) is 13.9. The molecule has 1 N–H and O–H groups in total. The van der Waals surface area contributed by atoms with Gasteiger partial charge in [-0.3, -0.25) is 4.79 Å². The third kappa shape index (κ3) is 3.71. The van der Waals surface area contributed by atoms with Gasteiger partial charge in [-0.25, -0.2) is 0 Å². The minimum absolute atomic E-state index is 0.396. The smallest absolute Gasteiger partial charge is 0.222 e. The summed E-state index contributed by atoms with van der Waals surface area (Å²) in [6, 6.07) is 0. The van der Waals surface area contributed by atoms with Crippen LogP contribution in [0.15, 0.2) is 0 Å². The number of hydrogen-bond donors (Lipinski definition) is 1. The van der Waals surface area contributed by atoms with Gasteiger partial charge in [-0.2, -0.15) is 0 Å². The molecule has 2 unspecified atom stereocenters. The van der Waals surface area contributed by atoms with Crippen LogP contribution in [0.4, 0.5) is 0 Å². The third-order valence-corrected chi connectivity index (χ3v) is 4.69. The molecule has 2 heterocycles. The van der Waals surface area contributed by atoms with Crippen LogP contribution in [0.25, 0.3) is 0 Å². The lowest BCUT2D eigenvalue weighted by Gasteiger charge is -2.23. The largest absolute Gasteiger partial charge is 0.343 e. The Labute approximate surface area is 111 Å². The maximum absolute atomic E-state index is 12.3. The molecule has 2 aliphatic rings. The second kappa shape index (κ2) is 6.55. The lowest BCUT2D eigenvalue weighted by atomic mass is 9.89. The van der Waals surface area contributed by atoms with Crippen molar-refractivity contribution in [3.8, 4) is 0 Å². The van der Waals surface area contributed by atoms with E-state index in [0.29, 0.717) is 11.8 Å². The Kier molecular flexibility index (Phi) is 5.04. The van der Waals surface area contributed by atoms with Crippen molar-refractivity contribution < 1.29 is 4.79 Å². The van der Waals surface area contributed by atoms with E-state index in [2.05, 4.69) is 24.1 Å². The number of amides is 1. The Morgan fingerprint density at radius 2 is 2.11 bits per heavy atom. The zero-order valence-electron chi connectivity index (χ0n) is 12.0. The van der Waals surface area contributed by atoms with Crippen molar-refractivity contribution in [2.24, 2.45) is 17.8 Å². The van der Waals surface area contributed by atoms with Gasteiger partial charge in [0, 0.05) is 19.5 Å². The van der Waals surface area contributed by atoms with E-state index in [1.165, 1.54) is 25.7 Å². The van der Waals surface area contributed by atoms with Gasteiger partial charge in [0.25, 0.3) is 0 Å². The molecule has 2 aliphatic heterocycles. The summed E-state index contributed by atoms with van der Waals surface area (Å²) in [5.41, 5.74) is 0. The van der Waals surface area contributed by atoms with Gasteiger partial charge in [0.1, 0.15) is 0 Å². The summed E-state index contributed by atoms with van der Waals surface area (Å²) >= 11 is 0. The SMILES string of the molecule is CC(C)C1CCCN(C(=O)CC2CCNC2)CC1. The second-order valence-electron chi connectivity index (χ2n) is 6.38. The molecule has 0 aromatic heterocycles. The number of carbonyl (C=O) groups excluding carboxylic acids is 1. The molecule has 3 heteroatoms. The summed E-state index contributed by atoms with van der Waals surface area (Å²) in [7, 11) is 0. The van der Waals surface area contributed by atoms with Gasteiger partial charge in [0.15, 0.2) is 0 Å². The number of nitrogens with one attached hydrogen (secondary N) is 1. The third-order valence-electron chi connectivity index (χ3n) is 4.69. The number of carbonyl (C=O) groups is 1. The van der Waals surface area contributed by atoms with Crippen molar-refractivity contribution in [2.75, 3.05) is 26.2 Å². The Bertz CT molecular complexity index is 272. The molecule has 0 aromatic carbocycles. The molecule has 0 radical (unpaired) electrons. The molecule has 2 atom stereocenters. The van der Waals surface area contributed by atoms with Crippen LogP contribution in [0.3, 0.4) is 0 Å². The predicted molar refractivity (Wildman–Crippen MR) is 74.4 cm³/mol. The maximum Gasteiger partial charge on any atom is 0.222 e. The standard InChI is InChI=1S/C15H28N2O/c1-12(2)14-4-3-8-17(9-6-14)15(18)10-13-5-7-16-11-13/h12-14,16H,3-11H2,1-2H3. The van der Waals surface area contributed by atoms with Gasteiger partial charge in [-0.05, 0) is 56.5 Å². The van der Waals surface area contributed by atoms with E-state index < -0.39 is 0 Å². The van der Waals surface area contributed by atoms with Crippen LogP contribution in [0, 0.1) is 17.8 Å². The zero-order chi connectivity index (χ0) is 13.0. The van der Waals surface area contributed by atoms with E-state index in [4.69, 9.17) is 0 Å². The summed E-state index contributed by atoms with van der Waals surface area (Å²) in [5, 5.41) is 3.34. The first-order valence-corrected chi connectivity index (χ1v) is 7.65. The van der Waals surface area contributed by atoms with Crippen molar-refractivity contribution in [3.63, 3.8) is 0 Å². The van der Waals surface area contributed by atoms with Crippen LogP contribution < -0.4 is 5.32 Å². The Balaban J connectivity index is 1.79. The molecule has 1 amide bonds. The van der Waals surface area contributed by atoms with E-state index in [9.17, 15) is 4.79 Å². The molecule has 18 heavy (non-hydrogen) atoms. The molecule has 3 nitrogen and oxygen atoms in total. The van der Waals surface area contributed by atoms with Crippen molar-refractivity contribution in [3.05, 3.63) is 0 Å². The predicted octanol–water partition coefficient (Wildman–Crippen LogP) is 2.27. The van der Waals surface area contributed by atoms with Crippen LogP contribution in [0.5, 0.6) is 0 Å². The maximum atomic E-state index is 12.3. The fraction of sp³-hybridized carbons (Fsp3) is 0.933. The molecule has 0 aromatic rings. The molecule has 2 fully saturated rings. The highest BCUT2D eigenvalue weighted by Gasteiger charge is 2.25. The molecule has 2 rings (SSSR count). The van der Waals surface area contributed by atoms with Gasteiger partial charge in [0.2, 0.25) is 5.91 Å². The molecule has 0 saturated carbocycles. The fourth-order valence-corrected chi connectivity index (χ4v) is 3.30. The lowest BCUT2D eigenvalue weighted by molar-refractivity contribution is -0.132. The van der Waals surface area contributed by atoms with Crippen LogP contribution in [0.2, 0.25) is 0 Å². The monoisotopic (exact) mass is 252 g/mol. The van der Waals surface area contributed by atoms with Gasteiger partial charge in [-0.1, -0.05) is 13.8 Å². The topological polar surface area (TPSA) is 32.3 Å². The highest BCUT2D eigenvalue weighted by molar-refractivity contribution is 5.76. The quantitative estimate of drug-likeness (QED) is 0.835. The number of rotatable bonds is 3. The molecule has 0 bridgehead atoms. The molecule has 104 valence electrons. The number of likely N-dealkylation sites (tertiary alicyclic amines) is 1. The Morgan fingerprint density at radius 3 is 2.78 bits per heavy atom. The Hall–Kier alpha value is -0.570. The zero-order valence-corrected chi connectivity index (χ0v) is 12.0. The molecule has 0 aliphatic carbocycles. The van der Waals surface area contributed by atoms with Crippen molar-refractivity contribution in [1.82, 2.24) is 10.2 Å². The van der Waals surface area contributed by atoms with Crippen molar-refractivity contribution in [1.29, 1.82) is 0 Å². The summed E-state index contributed by atoms with van der Waals surface area (Å²) in [6.07, 6.45) is 5.63. The average Bonchev–Trinajstić information content (AvgIpc) is 2.70. The summed E-state index contributed by atoms with van der Waals surface area (Å²) in [5.74, 6) is 2.56. The highest BCUT2D eigenvalue weighted by Crippen LogP contribution is 2.25. The second-order valence-corrected chi connectivity index (χ2v) is 6.38. The van der Waals surface area contributed by atoms with E-state index in [0.717, 1.165) is 44.4 Å². The normalized spacial score (nSPS) is 29.6. The summed E-state index contributed by atoms with van der Waals surface area (Å²) in [6.45, 7) is 8.73. The van der Waals surface area contributed by atoms with Crippen molar-refractivity contribution >= 4 is 5.91 Å². The van der Waals surface area contributed by atoms with Crippen LogP contribution in [-0.2, 0) is 4.79 Å². The van der Waals surface area contributed by atoms with E-state index in [-0.39, 0.29) is 0 Å². The minimum Gasteiger partial charge on any atom is -0.343 e. The van der Waals surface area contributed by atoms with E-state index in [1.54, 1.807) is 0 Å². The van der Waals surface area contributed by atoms with Gasteiger partial charge >= 0.3 is 0 Å². The van der Waals surface area contributed by atoms with Crippen LogP contribution in [-0.4, -0.2) is 37.0 Å². The van der Waals surface area contributed by atoms with E-state index in [1.807, 2.05) is 0 Å². The summed E-state index contributed by atoms with van der Waals surface area (Å²) in [4.78, 5) is 14.4. The number of hydrogen-bond acceptors (Lipinski definition) is 2. The minimum atomic E-state index is 0.396. The molecular formula is C15H28N2O. The summed E-state index contributed by atoms with van der Waals surface area (Å²) < 4.78 is 0. The van der Waals surface area contributed by atoms with Crippen LogP contribution >= 0.6 is 0 Å². The van der Waals surface area contributed by atoms with Gasteiger partial charge < -0.3 is 10.2 Å².